The summed E-state index contributed by atoms with van der Waals surface area (Å²) < 4.78 is 27.9. The number of aliphatic hydroxyl groups excluding tert-OH is 1. The van der Waals surface area contributed by atoms with Crippen molar-refractivity contribution in [2.24, 2.45) is 0 Å². The Morgan fingerprint density at radius 3 is 1.59 bits per heavy atom. The summed E-state index contributed by atoms with van der Waals surface area (Å²) in [5, 5.41) is 8.29. The van der Waals surface area contributed by atoms with Gasteiger partial charge in [-0.15, -0.1) is 0 Å². The Kier molecular flexibility index (Phi) is 7.89. The average molecular weight is 576 g/mol. The summed E-state index contributed by atoms with van der Waals surface area (Å²) >= 11 is 0. The number of fused-ring (bicyclic) bond motifs is 2. The number of esters is 4. The lowest BCUT2D eigenvalue weighted by molar-refractivity contribution is -0.269. The standard InChI is InChI=1S/C25H24N2O14/c1-9(29)37-7-17-18(38-10(2)30)19(39-11(3)31)20(40-12(4)32)25(41-17)27-23(35)15-5-13-14(6-16(15)24(27)36)22(34)26(8-28)21(13)33/h5-6,17-20,25,28H,7-8H2,1-4H3. The second-order valence-corrected chi connectivity index (χ2v) is 9.19. The van der Waals surface area contributed by atoms with E-state index >= 15 is 0 Å². The maximum absolute atomic E-state index is 13.6. The van der Waals surface area contributed by atoms with Crippen molar-refractivity contribution in [3.8, 4) is 0 Å². The third kappa shape index (κ3) is 5.26. The Hall–Kier alpha value is -4.70. The van der Waals surface area contributed by atoms with Crippen molar-refractivity contribution in [1.82, 2.24) is 9.13 Å². The Labute approximate surface area is 228 Å². The van der Waals surface area contributed by atoms with Crippen LogP contribution in [-0.4, -0.2) is 69.1 Å². The molecule has 1 N–H and O–H groups in total. The van der Waals surface area contributed by atoms with E-state index in [1.165, 1.54) is 0 Å². The van der Waals surface area contributed by atoms with Crippen LogP contribution in [0.15, 0.2) is 31.3 Å². The van der Waals surface area contributed by atoms with Crippen LogP contribution in [-0.2, 0) is 49.6 Å². The molecule has 16 heteroatoms. The molecule has 218 valence electrons. The van der Waals surface area contributed by atoms with Gasteiger partial charge in [0, 0.05) is 27.7 Å². The summed E-state index contributed by atoms with van der Waals surface area (Å²) in [7, 11) is 0. The fraction of sp³-hybridized carbons (Fsp3) is 0.440. The van der Waals surface area contributed by atoms with Crippen LogP contribution in [0.25, 0.3) is 21.5 Å². The molecule has 0 amide bonds. The summed E-state index contributed by atoms with van der Waals surface area (Å²) in [5.41, 5.74) is -3.84. The molecule has 1 fully saturated rings. The summed E-state index contributed by atoms with van der Waals surface area (Å²) in [4.78, 5) is 99.9. The molecule has 16 nitrogen and oxygen atoms in total. The van der Waals surface area contributed by atoms with Gasteiger partial charge in [0.15, 0.2) is 24.5 Å². The van der Waals surface area contributed by atoms with E-state index in [4.69, 9.17) is 23.7 Å². The van der Waals surface area contributed by atoms with Gasteiger partial charge in [-0.05, 0) is 12.1 Å². The fourth-order valence-corrected chi connectivity index (χ4v) is 4.82. The number of aliphatic hydroxyl groups is 1. The van der Waals surface area contributed by atoms with Crippen molar-refractivity contribution in [2.75, 3.05) is 6.61 Å². The van der Waals surface area contributed by atoms with Crippen molar-refractivity contribution < 1.29 is 48.0 Å². The molecule has 3 aromatic rings. The zero-order valence-electron chi connectivity index (χ0n) is 22.1. The van der Waals surface area contributed by atoms with Gasteiger partial charge in [-0.25, -0.2) is 4.57 Å². The minimum absolute atomic E-state index is 0.229. The molecule has 1 aromatic carbocycles. The molecule has 0 aliphatic carbocycles. The molecule has 3 heterocycles. The van der Waals surface area contributed by atoms with E-state index in [9.17, 15) is 43.5 Å². The van der Waals surface area contributed by atoms with Crippen LogP contribution in [0, 0.1) is 0 Å². The number of benzene rings is 1. The highest BCUT2D eigenvalue weighted by molar-refractivity contribution is 5.97. The van der Waals surface area contributed by atoms with Crippen LogP contribution in [0.3, 0.4) is 0 Å². The van der Waals surface area contributed by atoms with Crippen molar-refractivity contribution in [2.45, 2.75) is 65.1 Å². The van der Waals surface area contributed by atoms with Gasteiger partial charge in [-0.1, -0.05) is 0 Å². The molecule has 5 unspecified atom stereocenters. The van der Waals surface area contributed by atoms with Crippen LogP contribution in [0.2, 0.25) is 0 Å². The molecule has 41 heavy (non-hydrogen) atoms. The maximum atomic E-state index is 13.6. The summed E-state index contributed by atoms with van der Waals surface area (Å²) in [6.07, 6.45) is -8.15. The van der Waals surface area contributed by atoms with Gasteiger partial charge in [-0.2, -0.15) is 0 Å². The lowest BCUT2D eigenvalue weighted by atomic mass is 9.97. The van der Waals surface area contributed by atoms with Gasteiger partial charge in [-0.3, -0.25) is 42.9 Å². The van der Waals surface area contributed by atoms with Gasteiger partial charge in [0.05, 0.1) is 21.5 Å². The molecule has 1 aliphatic rings. The van der Waals surface area contributed by atoms with E-state index in [0.29, 0.717) is 9.13 Å². The second kappa shape index (κ2) is 11.1. The van der Waals surface area contributed by atoms with Crippen LogP contribution in [0.5, 0.6) is 0 Å². The number of hydrogen-bond acceptors (Lipinski definition) is 14. The smallest absolute Gasteiger partial charge is 0.303 e. The van der Waals surface area contributed by atoms with Gasteiger partial charge in [0.2, 0.25) is 0 Å². The largest absolute Gasteiger partial charge is 0.463 e. The molecule has 0 saturated carbocycles. The van der Waals surface area contributed by atoms with Crippen molar-refractivity contribution in [1.29, 1.82) is 0 Å². The van der Waals surface area contributed by atoms with E-state index in [1.54, 1.807) is 0 Å². The molecule has 1 aliphatic heterocycles. The highest BCUT2D eigenvalue weighted by Crippen LogP contribution is 2.34. The van der Waals surface area contributed by atoms with E-state index in [-0.39, 0.29) is 21.5 Å². The van der Waals surface area contributed by atoms with E-state index in [2.05, 4.69) is 0 Å². The maximum Gasteiger partial charge on any atom is 0.303 e. The Bertz CT molecular complexity index is 1700. The first kappa shape index (κ1) is 29.3. The molecular formula is C25H24N2O14. The number of ether oxygens (including phenoxy) is 5. The fourth-order valence-electron chi connectivity index (χ4n) is 4.82. The minimum atomic E-state index is -1.82. The highest BCUT2D eigenvalue weighted by atomic mass is 16.7. The van der Waals surface area contributed by atoms with Gasteiger partial charge in [0.1, 0.15) is 19.4 Å². The topological polar surface area (TPSA) is 213 Å². The quantitative estimate of drug-likeness (QED) is 0.241. The molecule has 0 bridgehead atoms. The summed E-state index contributed by atoms with van der Waals surface area (Å²) in [5.74, 6) is -3.50. The molecular weight excluding hydrogens is 552 g/mol. The van der Waals surface area contributed by atoms with Crippen LogP contribution >= 0.6 is 0 Å². The van der Waals surface area contributed by atoms with E-state index < -0.39 is 90.1 Å². The predicted octanol–water partition coefficient (Wildman–Crippen LogP) is -1.88. The van der Waals surface area contributed by atoms with Gasteiger partial charge >= 0.3 is 23.9 Å². The predicted molar refractivity (Wildman–Crippen MR) is 134 cm³/mol. The van der Waals surface area contributed by atoms with Gasteiger partial charge in [0.25, 0.3) is 22.2 Å². The number of carbonyl (C=O) groups is 4. The molecule has 0 spiro atoms. The molecule has 4 rings (SSSR count). The van der Waals surface area contributed by atoms with Crippen LogP contribution in [0.1, 0.15) is 33.9 Å². The van der Waals surface area contributed by atoms with Crippen LogP contribution in [0.4, 0.5) is 0 Å². The lowest BCUT2D eigenvalue weighted by Gasteiger charge is -2.44. The SMILES string of the molecule is CC(=O)OCC1OC(n2c(=O)c3cc4c(=O)n(CO)c(=O)c4cc3c2=O)C(OC(C)=O)C(OC(C)=O)C1OC(C)=O. The number of nitrogens with zero attached hydrogens (tertiary/aromatic N) is 2. The third-order valence-corrected chi connectivity index (χ3v) is 6.37. The monoisotopic (exact) mass is 576 g/mol. The molecule has 1 saturated heterocycles. The number of rotatable bonds is 7. The first-order valence-corrected chi connectivity index (χ1v) is 12.1. The second-order valence-electron chi connectivity index (χ2n) is 9.19. The average Bonchev–Trinajstić information content (AvgIpc) is 3.26. The van der Waals surface area contributed by atoms with E-state index in [1.807, 2.05) is 0 Å². The third-order valence-electron chi connectivity index (χ3n) is 6.37. The minimum Gasteiger partial charge on any atom is -0.463 e. The Balaban J connectivity index is 1.97. The normalized spacial score (nSPS) is 22.4. The Morgan fingerprint density at radius 2 is 1.15 bits per heavy atom. The Morgan fingerprint density at radius 1 is 0.707 bits per heavy atom. The summed E-state index contributed by atoms with van der Waals surface area (Å²) in [6, 6.07) is 2.04. The van der Waals surface area contributed by atoms with Gasteiger partial charge < -0.3 is 28.8 Å². The highest BCUT2D eigenvalue weighted by Gasteiger charge is 2.53. The molecule has 2 aromatic heterocycles. The first-order chi connectivity index (χ1) is 19.3. The number of hydrogen-bond donors (Lipinski definition) is 1. The molecule has 0 radical (unpaired) electrons. The zero-order chi connectivity index (χ0) is 30.3. The number of carbonyl (C=O) groups excluding carboxylic acids is 4. The van der Waals surface area contributed by atoms with Crippen molar-refractivity contribution >= 4 is 45.4 Å². The number of aromatic nitrogens is 2. The zero-order valence-corrected chi connectivity index (χ0v) is 22.1. The van der Waals surface area contributed by atoms with Crippen LogP contribution < -0.4 is 22.2 Å². The van der Waals surface area contributed by atoms with E-state index in [0.717, 1.165) is 39.8 Å². The lowest BCUT2D eigenvalue weighted by Crippen LogP contribution is -2.62. The molecule has 5 atom stereocenters. The summed E-state index contributed by atoms with van der Waals surface area (Å²) in [6.45, 7) is 2.60. The van der Waals surface area contributed by atoms with Crippen molar-refractivity contribution in [3.05, 3.63) is 53.5 Å². The first-order valence-electron chi connectivity index (χ1n) is 12.1. The van der Waals surface area contributed by atoms with Crippen molar-refractivity contribution in [3.63, 3.8) is 0 Å².